The molecule has 0 saturated heterocycles. The van der Waals surface area contributed by atoms with Crippen molar-refractivity contribution in [2.75, 3.05) is 0 Å². The highest BCUT2D eigenvalue weighted by molar-refractivity contribution is 6.24. The van der Waals surface area contributed by atoms with E-state index in [2.05, 4.69) is 5.32 Å². The van der Waals surface area contributed by atoms with Crippen molar-refractivity contribution in [1.29, 1.82) is 0 Å². The summed E-state index contributed by atoms with van der Waals surface area (Å²) in [4.78, 5) is 23.7. The number of nitrogens with one attached hydrogen (secondary N) is 1. The number of benzene rings is 2. The van der Waals surface area contributed by atoms with Gasteiger partial charge in [-0.2, -0.15) is 0 Å². The summed E-state index contributed by atoms with van der Waals surface area (Å²) in [6, 6.07) is 13.5. The van der Waals surface area contributed by atoms with Crippen LogP contribution in [0.25, 0.3) is 11.6 Å². The molecule has 0 bridgehead atoms. The summed E-state index contributed by atoms with van der Waals surface area (Å²) < 4.78 is 0. The maximum absolute atomic E-state index is 12.5. The minimum atomic E-state index is -0.495. The van der Waals surface area contributed by atoms with E-state index in [1.54, 1.807) is 54.6 Å². The summed E-state index contributed by atoms with van der Waals surface area (Å²) in [5, 5.41) is 12.6. The molecule has 2 aromatic rings. The highest BCUT2D eigenvalue weighted by atomic mass is 16.3. The zero-order valence-electron chi connectivity index (χ0n) is 13.0. The van der Waals surface area contributed by atoms with E-state index in [9.17, 15) is 14.7 Å². The van der Waals surface area contributed by atoms with Crippen molar-refractivity contribution >= 4 is 23.5 Å². The van der Waals surface area contributed by atoms with Crippen LogP contribution >= 0.6 is 0 Å². The van der Waals surface area contributed by atoms with E-state index >= 15 is 0 Å². The lowest BCUT2D eigenvalue weighted by atomic mass is 10.0. The van der Waals surface area contributed by atoms with Gasteiger partial charge >= 0.3 is 0 Å². The maximum Gasteiger partial charge on any atom is 0.252 e. The topological polar surface area (TPSA) is 92.4 Å². The Morgan fingerprint density at radius 3 is 2.38 bits per heavy atom. The molecular formula is C19H18N2O3. The van der Waals surface area contributed by atoms with E-state index in [0.29, 0.717) is 16.7 Å². The first kappa shape index (κ1) is 15.8. The normalized spacial score (nSPS) is 14.2. The number of rotatable bonds is 5. The van der Waals surface area contributed by atoms with Crippen molar-refractivity contribution in [3.63, 3.8) is 0 Å². The van der Waals surface area contributed by atoms with Gasteiger partial charge in [0.1, 0.15) is 5.75 Å². The largest absolute Gasteiger partial charge is 0.508 e. The van der Waals surface area contributed by atoms with Crippen molar-refractivity contribution in [2.24, 2.45) is 5.73 Å². The number of carbonyl (C=O) groups excluding carboxylic acids is 2. The number of hydrogen-bond acceptors (Lipinski definition) is 3. The molecule has 1 aliphatic rings. The van der Waals surface area contributed by atoms with Crippen molar-refractivity contribution in [2.45, 2.75) is 18.9 Å². The molecule has 3 rings (SSSR count). The Kier molecular flexibility index (Phi) is 4.33. The molecule has 0 aliphatic heterocycles. The first-order valence-corrected chi connectivity index (χ1v) is 7.75. The predicted molar refractivity (Wildman–Crippen MR) is 92.1 cm³/mol. The van der Waals surface area contributed by atoms with Crippen molar-refractivity contribution in [3.8, 4) is 5.75 Å². The molecule has 24 heavy (non-hydrogen) atoms. The molecule has 5 nitrogen and oxygen atoms in total. The number of hydrogen-bond donors (Lipinski definition) is 3. The zero-order valence-corrected chi connectivity index (χ0v) is 13.0. The minimum Gasteiger partial charge on any atom is -0.508 e. The van der Waals surface area contributed by atoms with Crippen LogP contribution in [-0.2, 0) is 4.79 Å². The Labute approximate surface area is 139 Å². The number of phenols is 1. The number of aromatic hydroxyl groups is 1. The number of amides is 2. The Balaban J connectivity index is 1.96. The van der Waals surface area contributed by atoms with Crippen molar-refractivity contribution < 1.29 is 14.7 Å². The number of phenolic OH excluding ortho intramolecular Hbond substituents is 1. The highest BCUT2D eigenvalue weighted by Crippen LogP contribution is 2.25. The lowest BCUT2D eigenvalue weighted by Crippen LogP contribution is -2.26. The second-order valence-corrected chi connectivity index (χ2v) is 5.84. The first-order valence-electron chi connectivity index (χ1n) is 7.75. The lowest BCUT2D eigenvalue weighted by molar-refractivity contribution is -0.115. The Morgan fingerprint density at radius 2 is 1.79 bits per heavy atom. The fourth-order valence-corrected chi connectivity index (χ4v) is 2.35. The lowest BCUT2D eigenvalue weighted by Gasteiger charge is -2.09. The molecule has 1 fully saturated rings. The van der Waals surface area contributed by atoms with E-state index < -0.39 is 5.91 Å². The second kappa shape index (κ2) is 6.58. The van der Waals surface area contributed by atoms with Gasteiger partial charge < -0.3 is 16.2 Å². The van der Waals surface area contributed by atoms with Gasteiger partial charge in [-0.15, -0.1) is 0 Å². The number of carbonyl (C=O) groups is 2. The summed E-state index contributed by atoms with van der Waals surface area (Å²) in [7, 11) is 0. The number of nitrogens with two attached hydrogens (primary N) is 1. The van der Waals surface area contributed by atoms with Crippen LogP contribution in [0.1, 0.15) is 34.3 Å². The third-order valence-electron chi connectivity index (χ3n) is 3.82. The fourth-order valence-electron chi connectivity index (χ4n) is 2.35. The van der Waals surface area contributed by atoms with Gasteiger partial charge in [0.05, 0.1) is 0 Å². The van der Waals surface area contributed by atoms with E-state index in [1.807, 2.05) is 0 Å². The van der Waals surface area contributed by atoms with Crippen LogP contribution in [0.5, 0.6) is 5.75 Å². The van der Waals surface area contributed by atoms with Crippen LogP contribution in [0.15, 0.2) is 48.5 Å². The molecule has 1 aliphatic carbocycles. The van der Waals surface area contributed by atoms with Crippen molar-refractivity contribution in [3.05, 3.63) is 65.2 Å². The van der Waals surface area contributed by atoms with Crippen LogP contribution in [0, 0.1) is 0 Å². The molecule has 2 aromatic carbocycles. The molecule has 0 atom stereocenters. The molecular weight excluding hydrogens is 304 g/mol. The van der Waals surface area contributed by atoms with Crippen LogP contribution in [0.4, 0.5) is 0 Å². The van der Waals surface area contributed by atoms with Gasteiger partial charge in [-0.3, -0.25) is 9.59 Å². The van der Waals surface area contributed by atoms with E-state index in [0.717, 1.165) is 18.4 Å². The maximum atomic E-state index is 12.5. The molecule has 0 unspecified atom stereocenters. The third-order valence-corrected chi connectivity index (χ3v) is 3.82. The van der Waals surface area contributed by atoms with Gasteiger partial charge in [0.15, 0.2) is 0 Å². The third kappa shape index (κ3) is 3.81. The van der Waals surface area contributed by atoms with Gasteiger partial charge in [-0.25, -0.2) is 0 Å². The second-order valence-electron chi connectivity index (χ2n) is 5.84. The van der Waals surface area contributed by atoms with E-state index in [-0.39, 0.29) is 17.7 Å². The Bertz CT molecular complexity index is 806. The molecule has 122 valence electrons. The smallest absolute Gasteiger partial charge is 0.252 e. The Hall–Kier alpha value is -3.08. The quantitative estimate of drug-likeness (QED) is 0.582. The van der Waals surface area contributed by atoms with E-state index in [4.69, 9.17) is 5.73 Å². The molecule has 2 amide bonds. The van der Waals surface area contributed by atoms with Gasteiger partial charge in [-0.05, 0) is 54.3 Å². The predicted octanol–water partition coefficient (Wildman–Crippen LogP) is 2.31. The van der Waals surface area contributed by atoms with Gasteiger partial charge in [0.25, 0.3) is 5.91 Å². The average molecular weight is 322 g/mol. The summed E-state index contributed by atoms with van der Waals surface area (Å²) >= 11 is 0. The van der Waals surface area contributed by atoms with Gasteiger partial charge in [0.2, 0.25) is 5.91 Å². The number of primary amides is 1. The average Bonchev–Trinajstić information content (AvgIpc) is 3.37. The molecule has 0 aromatic heterocycles. The summed E-state index contributed by atoms with van der Waals surface area (Å²) in [5.41, 5.74) is 7.51. The molecule has 0 radical (unpaired) electrons. The zero-order chi connectivity index (χ0) is 17.1. The first-order chi connectivity index (χ1) is 11.5. The fraction of sp³-hybridized carbons (Fsp3) is 0.158. The van der Waals surface area contributed by atoms with Crippen LogP contribution in [0.3, 0.4) is 0 Å². The monoisotopic (exact) mass is 322 g/mol. The molecule has 0 spiro atoms. The Morgan fingerprint density at radius 1 is 1.08 bits per heavy atom. The van der Waals surface area contributed by atoms with E-state index in [1.165, 1.54) is 0 Å². The SMILES string of the molecule is NC(=O)c1ccc(/C=C(/C(=O)NC2CC2)c2cccc(O)c2)cc1. The van der Waals surface area contributed by atoms with Crippen molar-refractivity contribution in [1.82, 2.24) is 5.32 Å². The summed E-state index contributed by atoms with van der Waals surface area (Å²) in [6.45, 7) is 0. The summed E-state index contributed by atoms with van der Waals surface area (Å²) in [6.07, 6.45) is 3.72. The van der Waals surface area contributed by atoms with Gasteiger partial charge in [-0.1, -0.05) is 24.3 Å². The van der Waals surface area contributed by atoms with Crippen LogP contribution in [0.2, 0.25) is 0 Å². The molecule has 4 N–H and O–H groups in total. The molecule has 1 saturated carbocycles. The molecule has 5 heteroatoms. The minimum absolute atomic E-state index is 0.0988. The highest BCUT2D eigenvalue weighted by Gasteiger charge is 2.25. The van der Waals surface area contributed by atoms with Crippen LogP contribution < -0.4 is 11.1 Å². The van der Waals surface area contributed by atoms with Crippen LogP contribution in [-0.4, -0.2) is 23.0 Å². The molecule has 0 heterocycles. The summed E-state index contributed by atoms with van der Waals surface area (Å²) in [5.74, 6) is -0.575. The van der Waals surface area contributed by atoms with Gasteiger partial charge in [0, 0.05) is 17.2 Å². The standard InChI is InChI=1S/C19H18N2O3/c20-18(23)13-6-4-12(5-7-13)10-17(19(24)21-15-8-9-15)14-2-1-3-16(22)11-14/h1-7,10-11,15,22H,8-9H2,(H2,20,23)(H,21,24)/b17-10+.